The minimum Gasteiger partial charge on any atom is -0.363 e. The summed E-state index contributed by atoms with van der Waals surface area (Å²) < 4.78 is 0. The molecule has 0 saturated carbocycles. The van der Waals surface area contributed by atoms with Crippen molar-refractivity contribution in [3.05, 3.63) is 0 Å². The zero-order valence-corrected chi connectivity index (χ0v) is 15.2. The van der Waals surface area contributed by atoms with Crippen LogP contribution in [0.2, 0.25) is 0 Å². The van der Waals surface area contributed by atoms with E-state index < -0.39 is 11.4 Å². The predicted molar refractivity (Wildman–Crippen MR) is 88.9 cm³/mol. The van der Waals surface area contributed by atoms with Crippen molar-refractivity contribution < 1.29 is 14.9 Å². The molecule has 0 spiro atoms. The average molecular weight is 302 g/mol. The number of aliphatic hydroxyl groups is 1. The fraction of sp³-hybridized carbons (Fsp3) is 1.00. The van der Waals surface area contributed by atoms with Gasteiger partial charge in [0.15, 0.2) is 5.79 Å². The Morgan fingerprint density at radius 1 is 0.905 bits per heavy atom. The molecule has 0 aliphatic carbocycles. The van der Waals surface area contributed by atoms with Crippen molar-refractivity contribution in [2.24, 2.45) is 5.92 Å². The van der Waals surface area contributed by atoms with E-state index in [1.165, 1.54) is 12.8 Å². The summed E-state index contributed by atoms with van der Waals surface area (Å²) in [6.45, 7) is 12.4. The van der Waals surface area contributed by atoms with Crippen molar-refractivity contribution in [1.29, 1.82) is 0 Å². The molecular weight excluding hydrogens is 264 g/mol. The minimum absolute atomic E-state index is 0.399. The van der Waals surface area contributed by atoms with Crippen LogP contribution in [-0.2, 0) is 9.78 Å². The average Bonchev–Trinajstić information content (AvgIpc) is 2.41. The van der Waals surface area contributed by atoms with E-state index in [0.717, 1.165) is 32.1 Å². The first-order valence-electron chi connectivity index (χ1n) is 8.85. The summed E-state index contributed by atoms with van der Waals surface area (Å²) in [5, 5.41) is 10.9. The zero-order valence-electron chi connectivity index (χ0n) is 15.2. The second-order valence-electron chi connectivity index (χ2n) is 7.30. The highest BCUT2D eigenvalue weighted by molar-refractivity contribution is 4.72. The molecule has 0 fully saturated rings. The van der Waals surface area contributed by atoms with Gasteiger partial charge in [0.25, 0.3) is 0 Å². The molecule has 0 radical (unpaired) electrons. The Morgan fingerprint density at radius 3 is 2.00 bits per heavy atom. The van der Waals surface area contributed by atoms with Gasteiger partial charge in [-0.2, -0.15) is 0 Å². The minimum atomic E-state index is -1.14. The summed E-state index contributed by atoms with van der Waals surface area (Å²) in [4.78, 5) is 10.9. The lowest BCUT2D eigenvalue weighted by Gasteiger charge is -2.33. The summed E-state index contributed by atoms with van der Waals surface area (Å²) >= 11 is 0. The zero-order chi connectivity index (χ0) is 16.4. The second-order valence-corrected chi connectivity index (χ2v) is 7.30. The highest BCUT2D eigenvalue weighted by Crippen LogP contribution is 2.31. The summed E-state index contributed by atoms with van der Waals surface area (Å²) in [6.07, 6.45) is 9.20. The molecule has 0 amide bonds. The van der Waals surface area contributed by atoms with Gasteiger partial charge < -0.3 is 5.11 Å². The van der Waals surface area contributed by atoms with Gasteiger partial charge in [0.1, 0.15) is 0 Å². The van der Waals surface area contributed by atoms with E-state index in [-0.39, 0.29) is 0 Å². The van der Waals surface area contributed by atoms with E-state index >= 15 is 0 Å². The molecule has 0 aromatic heterocycles. The van der Waals surface area contributed by atoms with Crippen molar-refractivity contribution in [3.63, 3.8) is 0 Å². The SMILES string of the molecule is CCCCCC(O)(CC(CC)CCCC)OOC(C)(C)C. The molecule has 0 aromatic carbocycles. The van der Waals surface area contributed by atoms with Gasteiger partial charge in [-0.15, -0.1) is 0 Å². The van der Waals surface area contributed by atoms with Crippen molar-refractivity contribution in [1.82, 2.24) is 0 Å². The van der Waals surface area contributed by atoms with Crippen LogP contribution in [0.25, 0.3) is 0 Å². The van der Waals surface area contributed by atoms with Crippen LogP contribution in [0.1, 0.15) is 99.3 Å². The van der Waals surface area contributed by atoms with Crippen LogP contribution in [0.3, 0.4) is 0 Å². The van der Waals surface area contributed by atoms with E-state index in [2.05, 4.69) is 20.8 Å². The van der Waals surface area contributed by atoms with Crippen molar-refractivity contribution in [2.75, 3.05) is 0 Å². The maximum atomic E-state index is 10.9. The van der Waals surface area contributed by atoms with E-state index in [9.17, 15) is 5.11 Å². The van der Waals surface area contributed by atoms with Gasteiger partial charge in [-0.05, 0) is 33.1 Å². The smallest absolute Gasteiger partial charge is 0.199 e. The molecule has 3 nitrogen and oxygen atoms in total. The standard InChI is InChI=1S/C18H38O3/c1-7-10-12-14-18(19,21-20-17(4,5)6)15-16(9-3)13-11-8-2/h16,19H,7-15H2,1-6H3. The predicted octanol–water partition coefficient (Wildman–Crippen LogP) is 5.61. The molecule has 1 N–H and O–H groups in total. The first kappa shape index (κ1) is 20.9. The molecule has 0 saturated heterocycles. The Balaban J connectivity index is 4.59. The lowest BCUT2D eigenvalue weighted by Crippen LogP contribution is -2.38. The van der Waals surface area contributed by atoms with E-state index in [0.29, 0.717) is 18.8 Å². The normalized spacial score (nSPS) is 16.7. The van der Waals surface area contributed by atoms with Gasteiger partial charge in [0, 0.05) is 12.8 Å². The molecule has 128 valence electrons. The molecule has 0 bridgehead atoms. The Morgan fingerprint density at radius 2 is 1.52 bits per heavy atom. The van der Waals surface area contributed by atoms with Gasteiger partial charge in [-0.3, -0.25) is 0 Å². The van der Waals surface area contributed by atoms with Crippen molar-refractivity contribution in [2.45, 2.75) is 111 Å². The topological polar surface area (TPSA) is 38.7 Å². The molecule has 3 heteroatoms. The molecule has 2 unspecified atom stereocenters. The molecule has 0 aromatic rings. The van der Waals surface area contributed by atoms with Crippen LogP contribution in [0.4, 0.5) is 0 Å². The molecule has 0 rings (SSSR count). The van der Waals surface area contributed by atoms with Crippen molar-refractivity contribution >= 4 is 0 Å². The number of rotatable bonds is 12. The highest BCUT2D eigenvalue weighted by Gasteiger charge is 2.33. The fourth-order valence-electron chi connectivity index (χ4n) is 2.43. The number of unbranched alkanes of at least 4 members (excludes halogenated alkanes) is 3. The van der Waals surface area contributed by atoms with E-state index in [4.69, 9.17) is 9.78 Å². The fourth-order valence-corrected chi connectivity index (χ4v) is 2.43. The third-order valence-corrected chi connectivity index (χ3v) is 3.77. The van der Waals surface area contributed by atoms with Crippen molar-refractivity contribution in [3.8, 4) is 0 Å². The van der Waals surface area contributed by atoms with Gasteiger partial charge >= 0.3 is 0 Å². The van der Waals surface area contributed by atoms with Gasteiger partial charge in [0.2, 0.25) is 0 Å². The van der Waals surface area contributed by atoms with Crippen LogP contribution in [0, 0.1) is 5.92 Å². The van der Waals surface area contributed by atoms with Crippen LogP contribution in [0.15, 0.2) is 0 Å². The first-order chi connectivity index (χ1) is 9.76. The molecule has 21 heavy (non-hydrogen) atoms. The maximum absolute atomic E-state index is 10.9. The van der Waals surface area contributed by atoms with Crippen LogP contribution in [0.5, 0.6) is 0 Å². The quantitative estimate of drug-likeness (QED) is 0.220. The second kappa shape index (κ2) is 10.6. The molecular formula is C18H38O3. The van der Waals surface area contributed by atoms with Gasteiger partial charge in [0.05, 0.1) is 5.60 Å². The Bertz CT molecular complexity index is 247. The summed E-state index contributed by atoms with van der Waals surface area (Å²) in [5.74, 6) is -0.642. The Kier molecular flexibility index (Phi) is 10.5. The van der Waals surface area contributed by atoms with E-state index in [1.807, 2.05) is 20.8 Å². The lowest BCUT2D eigenvalue weighted by atomic mass is 9.89. The Labute approximate surface area is 132 Å². The molecule has 2 atom stereocenters. The third-order valence-electron chi connectivity index (χ3n) is 3.77. The number of hydrogen-bond acceptors (Lipinski definition) is 3. The van der Waals surface area contributed by atoms with Gasteiger partial charge in [-0.1, -0.05) is 59.3 Å². The highest BCUT2D eigenvalue weighted by atomic mass is 17.2. The Hall–Kier alpha value is -0.120. The third kappa shape index (κ3) is 11.1. The molecule has 0 aliphatic heterocycles. The largest absolute Gasteiger partial charge is 0.363 e. The maximum Gasteiger partial charge on any atom is 0.199 e. The van der Waals surface area contributed by atoms with E-state index in [1.54, 1.807) is 0 Å². The monoisotopic (exact) mass is 302 g/mol. The van der Waals surface area contributed by atoms with Crippen LogP contribution in [-0.4, -0.2) is 16.5 Å². The lowest BCUT2D eigenvalue weighted by molar-refractivity contribution is -0.456. The van der Waals surface area contributed by atoms with Gasteiger partial charge in [-0.25, -0.2) is 9.78 Å². The summed E-state index contributed by atoms with van der Waals surface area (Å²) in [7, 11) is 0. The first-order valence-corrected chi connectivity index (χ1v) is 8.85. The summed E-state index contributed by atoms with van der Waals surface area (Å²) in [5.41, 5.74) is -0.399. The number of hydrogen-bond donors (Lipinski definition) is 1. The molecule has 0 heterocycles. The molecule has 0 aliphatic rings. The summed E-state index contributed by atoms with van der Waals surface area (Å²) in [6, 6.07) is 0. The van der Waals surface area contributed by atoms with Crippen LogP contribution >= 0.6 is 0 Å². The van der Waals surface area contributed by atoms with Crippen LogP contribution < -0.4 is 0 Å².